The van der Waals surface area contributed by atoms with Gasteiger partial charge in [-0.25, -0.2) is 0 Å². The highest BCUT2D eigenvalue weighted by molar-refractivity contribution is 6.19. The summed E-state index contributed by atoms with van der Waals surface area (Å²) >= 11 is 0. The van der Waals surface area contributed by atoms with Gasteiger partial charge in [-0.15, -0.1) is 0 Å². The fourth-order valence-corrected chi connectivity index (χ4v) is 8.40. The number of hydrogen-bond donors (Lipinski definition) is 0. The maximum atomic E-state index is 2.45. The molecule has 0 amide bonds. The minimum absolute atomic E-state index is 0.178. The first-order valence-electron chi connectivity index (χ1n) is 19.1. The Kier molecular flexibility index (Phi) is 7.85. The van der Waals surface area contributed by atoms with E-state index in [2.05, 4.69) is 230 Å². The number of aromatic nitrogens is 1. The third-order valence-corrected chi connectivity index (χ3v) is 11.5. The van der Waals surface area contributed by atoms with E-state index in [0.29, 0.717) is 0 Å². The molecule has 0 spiro atoms. The average molecular weight is 705 g/mol. The van der Waals surface area contributed by atoms with E-state index in [0.717, 1.165) is 22.7 Å². The van der Waals surface area contributed by atoms with E-state index >= 15 is 0 Å². The van der Waals surface area contributed by atoms with Gasteiger partial charge >= 0.3 is 0 Å². The third-order valence-electron chi connectivity index (χ3n) is 11.5. The molecule has 1 aromatic heterocycles. The van der Waals surface area contributed by atoms with Crippen molar-refractivity contribution in [2.24, 2.45) is 0 Å². The van der Waals surface area contributed by atoms with Gasteiger partial charge in [-0.05, 0) is 86.9 Å². The second-order valence-electron chi connectivity index (χ2n) is 15.0. The first-order chi connectivity index (χ1) is 27.0. The molecule has 9 aromatic carbocycles. The average Bonchev–Trinajstić information content (AvgIpc) is 3.59. The van der Waals surface area contributed by atoms with Gasteiger partial charge in [0.1, 0.15) is 0 Å². The topological polar surface area (TPSA) is 8.17 Å². The van der Waals surface area contributed by atoms with Crippen molar-refractivity contribution in [2.45, 2.75) is 19.3 Å². The Morgan fingerprint density at radius 2 is 0.927 bits per heavy atom. The van der Waals surface area contributed by atoms with Crippen LogP contribution < -0.4 is 4.90 Å². The van der Waals surface area contributed by atoms with Gasteiger partial charge < -0.3 is 9.47 Å². The predicted molar refractivity (Wildman–Crippen MR) is 234 cm³/mol. The SMILES string of the molecule is CC(C)(c1ccc(N(c2ccc(-c3ccccc3)cc2)c2ccc3c4ccc5ccccc5c4n(-c4ccccc4)c3c2)cc1)c1ccc2ccccc2c1. The Hall–Kier alpha value is -6.90. The standard InChI is InChI=1S/C53H40N2/c1-53(2,43-25-21-38-15-9-10-17-41(38)35-43)42-26-30-46(31-27-42)54(45-28-22-39(23-29-45)37-13-5-3-6-14-37)47-32-34-49-50-33-24-40-16-11-12-20-48(40)52(50)55(51(49)36-47)44-18-7-4-8-19-44/h3-36H,1-2H3. The van der Waals surface area contributed by atoms with E-state index in [1.807, 2.05) is 0 Å². The van der Waals surface area contributed by atoms with Crippen LogP contribution in [0.15, 0.2) is 206 Å². The zero-order valence-electron chi connectivity index (χ0n) is 31.0. The van der Waals surface area contributed by atoms with E-state index in [1.54, 1.807) is 0 Å². The second-order valence-corrected chi connectivity index (χ2v) is 15.0. The first kappa shape index (κ1) is 32.7. The van der Waals surface area contributed by atoms with Crippen LogP contribution in [0.3, 0.4) is 0 Å². The van der Waals surface area contributed by atoms with Crippen molar-refractivity contribution in [3.8, 4) is 16.8 Å². The van der Waals surface area contributed by atoms with Crippen LogP contribution in [0.5, 0.6) is 0 Å². The van der Waals surface area contributed by atoms with Crippen molar-refractivity contribution in [2.75, 3.05) is 4.90 Å². The molecule has 0 radical (unpaired) electrons. The zero-order valence-corrected chi connectivity index (χ0v) is 31.0. The molecule has 55 heavy (non-hydrogen) atoms. The Labute approximate surface area is 322 Å². The second kappa shape index (κ2) is 13.2. The van der Waals surface area contributed by atoms with E-state index in [-0.39, 0.29) is 5.41 Å². The summed E-state index contributed by atoms with van der Waals surface area (Å²) in [5, 5.41) is 7.51. The highest BCUT2D eigenvalue weighted by Crippen LogP contribution is 2.43. The van der Waals surface area contributed by atoms with Crippen LogP contribution in [0, 0.1) is 0 Å². The summed E-state index contributed by atoms with van der Waals surface area (Å²) in [6, 6.07) is 75.2. The van der Waals surface area contributed by atoms with Crippen LogP contribution >= 0.6 is 0 Å². The van der Waals surface area contributed by atoms with Gasteiger partial charge in [0.25, 0.3) is 0 Å². The van der Waals surface area contributed by atoms with E-state index in [1.165, 1.54) is 65.6 Å². The fourth-order valence-electron chi connectivity index (χ4n) is 8.40. The summed E-state index contributed by atoms with van der Waals surface area (Å²) < 4.78 is 2.45. The molecule has 0 saturated carbocycles. The van der Waals surface area contributed by atoms with Gasteiger partial charge in [0.2, 0.25) is 0 Å². The monoisotopic (exact) mass is 704 g/mol. The molecule has 0 aliphatic heterocycles. The lowest BCUT2D eigenvalue weighted by Crippen LogP contribution is -2.19. The summed E-state index contributed by atoms with van der Waals surface area (Å²) in [4.78, 5) is 2.39. The smallest absolute Gasteiger partial charge is 0.0619 e. The largest absolute Gasteiger partial charge is 0.310 e. The van der Waals surface area contributed by atoms with Gasteiger partial charge in [-0.2, -0.15) is 0 Å². The molecule has 10 aromatic rings. The molecule has 0 aliphatic carbocycles. The van der Waals surface area contributed by atoms with Gasteiger partial charge in [0.15, 0.2) is 0 Å². The van der Waals surface area contributed by atoms with Gasteiger partial charge in [-0.1, -0.05) is 172 Å². The Morgan fingerprint density at radius 3 is 1.67 bits per heavy atom. The number of benzene rings is 9. The predicted octanol–water partition coefficient (Wildman–Crippen LogP) is 14.6. The van der Waals surface area contributed by atoms with Gasteiger partial charge in [0.05, 0.1) is 11.0 Å². The highest BCUT2D eigenvalue weighted by atomic mass is 15.1. The molecule has 262 valence electrons. The summed E-state index contributed by atoms with van der Waals surface area (Å²) in [7, 11) is 0. The molecule has 0 unspecified atom stereocenters. The molecule has 2 heteroatoms. The van der Waals surface area contributed by atoms with Crippen molar-refractivity contribution in [1.29, 1.82) is 0 Å². The quantitative estimate of drug-likeness (QED) is 0.160. The first-order valence-corrected chi connectivity index (χ1v) is 19.1. The molecule has 2 nitrogen and oxygen atoms in total. The van der Waals surface area contributed by atoms with Crippen LogP contribution in [0.4, 0.5) is 17.1 Å². The number of para-hydroxylation sites is 1. The Balaban J connectivity index is 1.14. The molecule has 0 bridgehead atoms. The molecule has 10 rings (SSSR count). The van der Waals surface area contributed by atoms with Crippen LogP contribution in [0.1, 0.15) is 25.0 Å². The molecule has 0 atom stereocenters. The number of fused-ring (bicyclic) bond motifs is 6. The summed E-state index contributed by atoms with van der Waals surface area (Å²) in [5.74, 6) is 0. The Bertz CT molecular complexity index is 2970. The van der Waals surface area contributed by atoms with Crippen molar-refractivity contribution >= 4 is 60.4 Å². The number of nitrogens with zero attached hydrogens (tertiary/aromatic N) is 2. The third kappa shape index (κ3) is 5.66. The maximum absolute atomic E-state index is 2.45. The molecular weight excluding hydrogens is 665 g/mol. The van der Waals surface area contributed by atoms with Gasteiger partial charge in [-0.3, -0.25) is 0 Å². The summed E-state index contributed by atoms with van der Waals surface area (Å²) in [5.41, 5.74) is 11.7. The van der Waals surface area contributed by atoms with Crippen molar-refractivity contribution in [1.82, 2.24) is 4.57 Å². The summed E-state index contributed by atoms with van der Waals surface area (Å²) in [6.45, 7) is 4.65. The number of rotatable bonds is 7. The lowest BCUT2D eigenvalue weighted by Gasteiger charge is -2.29. The molecule has 1 heterocycles. The van der Waals surface area contributed by atoms with Crippen LogP contribution in [0.25, 0.3) is 60.2 Å². The molecule has 0 saturated heterocycles. The van der Waals surface area contributed by atoms with Crippen LogP contribution in [0.2, 0.25) is 0 Å². The van der Waals surface area contributed by atoms with E-state index in [4.69, 9.17) is 0 Å². The van der Waals surface area contributed by atoms with Crippen molar-refractivity contribution < 1.29 is 0 Å². The van der Waals surface area contributed by atoms with E-state index in [9.17, 15) is 0 Å². The highest BCUT2D eigenvalue weighted by Gasteiger charge is 2.25. The minimum Gasteiger partial charge on any atom is -0.310 e. The lowest BCUT2D eigenvalue weighted by molar-refractivity contribution is 0.642. The molecule has 0 fully saturated rings. The Morgan fingerprint density at radius 1 is 0.382 bits per heavy atom. The fraction of sp³-hybridized carbons (Fsp3) is 0.0566. The molecule has 0 N–H and O–H groups in total. The normalized spacial score (nSPS) is 11.8. The minimum atomic E-state index is -0.178. The van der Waals surface area contributed by atoms with Gasteiger partial charge in [0, 0.05) is 44.3 Å². The van der Waals surface area contributed by atoms with E-state index < -0.39 is 0 Å². The van der Waals surface area contributed by atoms with Crippen molar-refractivity contribution in [3.63, 3.8) is 0 Å². The lowest BCUT2D eigenvalue weighted by atomic mass is 9.77. The summed E-state index contributed by atoms with van der Waals surface area (Å²) in [6.07, 6.45) is 0. The maximum Gasteiger partial charge on any atom is 0.0619 e. The van der Waals surface area contributed by atoms with Crippen molar-refractivity contribution in [3.05, 3.63) is 217 Å². The number of anilines is 3. The molecular formula is C53H40N2. The number of hydrogen-bond acceptors (Lipinski definition) is 1. The van der Waals surface area contributed by atoms with Crippen LogP contribution in [-0.4, -0.2) is 4.57 Å². The van der Waals surface area contributed by atoms with Crippen LogP contribution in [-0.2, 0) is 5.41 Å². The zero-order chi connectivity index (χ0) is 36.9. The molecule has 0 aliphatic rings.